The van der Waals surface area contributed by atoms with Gasteiger partial charge in [0.25, 0.3) is 0 Å². The van der Waals surface area contributed by atoms with Crippen LogP contribution in [-0.2, 0) is 5.72 Å². The Hall–Kier alpha value is -2.79. The normalized spacial score (nSPS) is 20.2. The van der Waals surface area contributed by atoms with Gasteiger partial charge in [0, 0.05) is 10.0 Å². The van der Waals surface area contributed by atoms with Crippen molar-refractivity contribution in [1.82, 2.24) is 5.32 Å². The van der Waals surface area contributed by atoms with E-state index in [1.165, 1.54) is 12.1 Å². The zero-order valence-electron chi connectivity index (χ0n) is 10.4. The summed E-state index contributed by atoms with van der Waals surface area (Å²) in [6.45, 7) is 0. The topological polar surface area (TPSA) is 124 Å². The third-order valence-corrected chi connectivity index (χ3v) is 3.52. The number of aliphatic hydroxyl groups excluding tert-OH is 1. The van der Waals surface area contributed by atoms with Crippen LogP contribution in [0.2, 0.25) is 0 Å². The molecule has 3 N–H and O–H groups in total. The lowest BCUT2D eigenvalue weighted by Gasteiger charge is -2.26. The predicted molar refractivity (Wildman–Crippen MR) is 74.7 cm³/mol. The minimum atomic E-state index is -2.02. The van der Waals surface area contributed by atoms with Crippen molar-refractivity contribution < 1.29 is 10.2 Å². The van der Waals surface area contributed by atoms with Gasteiger partial charge in [0.05, 0.1) is 5.57 Å². The van der Waals surface area contributed by atoms with E-state index in [2.05, 4.69) is 21.2 Å². The van der Waals surface area contributed by atoms with Gasteiger partial charge in [-0.05, 0) is 12.1 Å². The summed E-state index contributed by atoms with van der Waals surface area (Å²) in [4.78, 5) is 0. The Labute approximate surface area is 128 Å². The fraction of sp³-hybridized carbons (Fsp3) is 0.0714. The molecule has 0 saturated carbocycles. The quantitative estimate of drug-likeness (QED) is 0.669. The first kappa shape index (κ1) is 14.6. The highest BCUT2D eigenvalue weighted by Gasteiger charge is 2.46. The van der Waals surface area contributed by atoms with Crippen LogP contribution in [0.1, 0.15) is 5.56 Å². The number of rotatable bonds is 1. The molecule has 0 aliphatic carbocycles. The van der Waals surface area contributed by atoms with Crippen LogP contribution in [0.25, 0.3) is 0 Å². The molecule has 0 bridgehead atoms. The van der Waals surface area contributed by atoms with Crippen molar-refractivity contribution in [3.8, 4) is 18.2 Å². The van der Waals surface area contributed by atoms with E-state index in [1.807, 2.05) is 0 Å². The Morgan fingerprint density at radius 3 is 2.19 bits per heavy atom. The van der Waals surface area contributed by atoms with Gasteiger partial charge >= 0.3 is 0 Å². The summed E-state index contributed by atoms with van der Waals surface area (Å²) in [5, 5.41) is 50.0. The van der Waals surface area contributed by atoms with Gasteiger partial charge in [-0.15, -0.1) is 0 Å². The SMILES string of the molecule is N#CC(C#N)=C1C(C#N)=C(O)NC1(O)c1ccc(Br)cc1. The first-order valence-electron chi connectivity index (χ1n) is 5.63. The molecule has 1 atom stereocenters. The number of hydrogen-bond acceptors (Lipinski definition) is 6. The molecule has 7 heteroatoms. The highest BCUT2D eigenvalue weighted by molar-refractivity contribution is 9.10. The minimum Gasteiger partial charge on any atom is -0.494 e. The summed E-state index contributed by atoms with van der Waals surface area (Å²) in [5.41, 5.74) is -2.78. The number of benzene rings is 1. The molecule has 1 aromatic rings. The highest BCUT2D eigenvalue weighted by Crippen LogP contribution is 2.40. The van der Waals surface area contributed by atoms with Crippen molar-refractivity contribution in [1.29, 1.82) is 15.8 Å². The molecule has 102 valence electrons. The maximum absolute atomic E-state index is 10.8. The predicted octanol–water partition coefficient (Wildman–Crippen LogP) is 1.83. The Kier molecular flexibility index (Phi) is 3.69. The van der Waals surface area contributed by atoms with Crippen LogP contribution in [0.3, 0.4) is 0 Å². The lowest BCUT2D eigenvalue weighted by molar-refractivity contribution is 0.0492. The summed E-state index contributed by atoms with van der Waals surface area (Å²) >= 11 is 3.25. The number of nitriles is 3. The van der Waals surface area contributed by atoms with Gasteiger partial charge in [-0.2, -0.15) is 15.8 Å². The highest BCUT2D eigenvalue weighted by atomic mass is 79.9. The van der Waals surface area contributed by atoms with Gasteiger partial charge in [-0.1, -0.05) is 28.1 Å². The number of hydrogen-bond donors (Lipinski definition) is 3. The van der Waals surface area contributed by atoms with Gasteiger partial charge < -0.3 is 15.5 Å². The molecule has 1 heterocycles. The van der Waals surface area contributed by atoms with E-state index in [9.17, 15) is 10.2 Å². The van der Waals surface area contributed by atoms with E-state index in [4.69, 9.17) is 15.8 Å². The van der Waals surface area contributed by atoms with Crippen LogP contribution < -0.4 is 5.32 Å². The average molecular weight is 343 g/mol. The van der Waals surface area contributed by atoms with Crippen LogP contribution >= 0.6 is 15.9 Å². The molecular formula is C14H7BrN4O2. The van der Waals surface area contributed by atoms with Crippen molar-refractivity contribution in [2.24, 2.45) is 0 Å². The van der Waals surface area contributed by atoms with E-state index in [0.717, 1.165) is 4.47 Å². The summed E-state index contributed by atoms with van der Waals surface area (Å²) in [6, 6.07) is 11.3. The molecule has 2 rings (SSSR count). The maximum Gasteiger partial charge on any atom is 0.205 e. The second kappa shape index (κ2) is 5.30. The molecule has 6 nitrogen and oxygen atoms in total. The van der Waals surface area contributed by atoms with Gasteiger partial charge in [0.1, 0.15) is 29.4 Å². The first-order valence-corrected chi connectivity index (χ1v) is 6.42. The third kappa shape index (κ3) is 2.23. The molecular weight excluding hydrogens is 336 g/mol. The van der Waals surface area contributed by atoms with E-state index < -0.39 is 17.2 Å². The molecule has 1 aromatic carbocycles. The summed E-state index contributed by atoms with van der Waals surface area (Å²) in [6.07, 6.45) is 0. The van der Waals surface area contributed by atoms with Crippen molar-refractivity contribution in [3.63, 3.8) is 0 Å². The average Bonchev–Trinajstić information content (AvgIpc) is 2.73. The molecule has 1 aliphatic rings. The summed E-state index contributed by atoms with van der Waals surface area (Å²) in [5.74, 6) is -0.582. The molecule has 0 amide bonds. The number of nitrogens with zero attached hydrogens (tertiary/aromatic N) is 3. The van der Waals surface area contributed by atoms with Gasteiger partial charge in [-0.3, -0.25) is 0 Å². The van der Waals surface area contributed by atoms with Crippen LogP contribution in [0, 0.1) is 34.0 Å². The van der Waals surface area contributed by atoms with Crippen LogP contribution in [-0.4, -0.2) is 10.2 Å². The second-order valence-corrected chi connectivity index (χ2v) is 5.07. The van der Waals surface area contributed by atoms with Crippen molar-refractivity contribution in [2.45, 2.75) is 5.72 Å². The second-order valence-electron chi connectivity index (χ2n) is 4.15. The Morgan fingerprint density at radius 1 is 1.14 bits per heavy atom. The van der Waals surface area contributed by atoms with Gasteiger partial charge in [0.2, 0.25) is 5.88 Å². The van der Waals surface area contributed by atoms with E-state index in [0.29, 0.717) is 0 Å². The largest absolute Gasteiger partial charge is 0.494 e. The Morgan fingerprint density at radius 2 is 1.71 bits per heavy atom. The van der Waals surface area contributed by atoms with Crippen LogP contribution in [0.15, 0.2) is 51.3 Å². The fourth-order valence-electron chi connectivity index (χ4n) is 2.05. The number of aliphatic hydroxyl groups is 2. The van der Waals surface area contributed by atoms with Crippen molar-refractivity contribution >= 4 is 15.9 Å². The molecule has 0 saturated heterocycles. The standard InChI is InChI=1S/C14H7BrN4O2/c15-10-3-1-9(2-4-10)14(21)12(8(5-16)6-17)11(7-18)13(20)19-14/h1-4,19-21H. The van der Waals surface area contributed by atoms with Crippen LogP contribution in [0.5, 0.6) is 0 Å². The zero-order chi connectivity index (χ0) is 15.6. The number of allylic oxidation sites excluding steroid dienone is 1. The monoisotopic (exact) mass is 342 g/mol. The Balaban J connectivity index is 2.74. The third-order valence-electron chi connectivity index (χ3n) is 3.00. The molecule has 1 aliphatic heterocycles. The number of halogens is 1. The van der Waals surface area contributed by atoms with E-state index in [-0.39, 0.29) is 16.7 Å². The van der Waals surface area contributed by atoms with Crippen molar-refractivity contribution in [3.05, 3.63) is 56.9 Å². The smallest absolute Gasteiger partial charge is 0.205 e. The van der Waals surface area contributed by atoms with E-state index in [1.54, 1.807) is 30.3 Å². The van der Waals surface area contributed by atoms with Crippen molar-refractivity contribution in [2.75, 3.05) is 0 Å². The lowest BCUT2D eigenvalue weighted by atomic mass is 9.89. The van der Waals surface area contributed by atoms with Gasteiger partial charge in [-0.25, -0.2) is 0 Å². The maximum atomic E-state index is 10.8. The molecule has 1 unspecified atom stereocenters. The number of nitrogens with one attached hydrogen (secondary N) is 1. The zero-order valence-corrected chi connectivity index (χ0v) is 12.0. The van der Waals surface area contributed by atoms with E-state index >= 15 is 0 Å². The molecule has 0 fully saturated rings. The lowest BCUT2D eigenvalue weighted by Crippen LogP contribution is -2.39. The molecule has 21 heavy (non-hydrogen) atoms. The minimum absolute atomic E-state index is 0.255. The molecule has 0 radical (unpaired) electrons. The summed E-state index contributed by atoms with van der Waals surface area (Å²) in [7, 11) is 0. The van der Waals surface area contributed by atoms with Crippen LogP contribution in [0.4, 0.5) is 0 Å². The molecule has 0 aromatic heterocycles. The first-order chi connectivity index (χ1) is 9.97. The summed E-state index contributed by atoms with van der Waals surface area (Å²) < 4.78 is 0.761. The van der Waals surface area contributed by atoms with Gasteiger partial charge in [0.15, 0.2) is 5.72 Å². The molecule has 0 spiro atoms. The fourth-order valence-corrected chi connectivity index (χ4v) is 2.32. The Bertz CT molecular complexity index is 774.